The second-order valence-corrected chi connectivity index (χ2v) is 4.65. The Bertz CT molecular complexity index is 703. The van der Waals surface area contributed by atoms with Crippen LogP contribution in [-0.2, 0) is 0 Å². The fourth-order valence-corrected chi connectivity index (χ4v) is 2.40. The van der Waals surface area contributed by atoms with Gasteiger partial charge in [0.1, 0.15) is 5.76 Å². The van der Waals surface area contributed by atoms with Crippen LogP contribution in [0.15, 0.2) is 53.3 Å². The van der Waals surface area contributed by atoms with Gasteiger partial charge in [0.25, 0.3) is 0 Å². The number of nitrogens with one attached hydrogen (secondary N) is 1. The zero-order chi connectivity index (χ0) is 13.2. The van der Waals surface area contributed by atoms with Crippen molar-refractivity contribution in [3.8, 4) is 0 Å². The van der Waals surface area contributed by atoms with E-state index in [1.165, 1.54) is 5.56 Å². The van der Waals surface area contributed by atoms with E-state index in [0.29, 0.717) is 0 Å². The number of furan rings is 1. The van der Waals surface area contributed by atoms with E-state index in [1.54, 1.807) is 6.26 Å². The number of pyridine rings is 1. The van der Waals surface area contributed by atoms with E-state index >= 15 is 0 Å². The number of benzene rings is 1. The smallest absolute Gasteiger partial charge is 0.128 e. The number of aromatic nitrogens is 1. The molecular formula is C16H16N2O. The SMILES string of the molecule is CNC(c1ccc2ncccc2c1)c1occc1C. The summed E-state index contributed by atoms with van der Waals surface area (Å²) < 4.78 is 5.61. The van der Waals surface area contributed by atoms with Crippen LogP contribution in [0.2, 0.25) is 0 Å². The molecule has 3 rings (SSSR count). The average molecular weight is 252 g/mol. The van der Waals surface area contributed by atoms with Crippen molar-refractivity contribution in [3.63, 3.8) is 0 Å². The van der Waals surface area contributed by atoms with Gasteiger partial charge in [-0.05, 0) is 49.4 Å². The molecule has 0 saturated heterocycles. The highest BCUT2D eigenvalue weighted by atomic mass is 16.3. The van der Waals surface area contributed by atoms with Crippen molar-refractivity contribution in [1.29, 1.82) is 0 Å². The molecule has 1 N–H and O–H groups in total. The highest BCUT2D eigenvalue weighted by Crippen LogP contribution is 2.27. The maximum Gasteiger partial charge on any atom is 0.128 e. The first-order valence-corrected chi connectivity index (χ1v) is 6.35. The maximum absolute atomic E-state index is 5.61. The molecule has 2 heterocycles. The number of nitrogens with zero attached hydrogens (tertiary/aromatic N) is 1. The predicted molar refractivity (Wildman–Crippen MR) is 76.1 cm³/mol. The quantitative estimate of drug-likeness (QED) is 0.776. The van der Waals surface area contributed by atoms with Gasteiger partial charge in [0.15, 0.2) is 0 Å². The van der Waals surface area contributed by atoms with E-state index in [9.17, 15) is 0 Å². The Hall–Kier alpha value is -2.13. The van der Waals surface area contributed by atoms with Gasteiger partial charge in [-0.25, -0.2) is 0 Å². The Kier molecular flexibility index (Phi) is 3.05. The van der Waals surface area contributed by atoms with Crippen molar-refractivity contribution < 1.29 is 4.42 Å². The summed E-state index contributed by atoms with van der Waals surface area (Å²) in [6.07, 6.45) is 3.55. The van der Waals surface area contributed by atoms with Crippen molar-refractivity contribution in [3.05, 3.63) is 65.7 Å². The molecular weight excluding hydrogens is 236 g/mol. The Morgan fingerprint density at radius 3 is 2.84 bits per heavy atom. The highest BCUT2D eigenvalue weighted by molar-refractivity contribution is 5.79. The molecule has 1 atom stereocenters. The molecule has 0 saturated carbocycles. The second-order valence-electron chi connectivity index (χ2n) is 4.65. The highest BCUT2D eigenvalue weighted by Gasteiger charge is 2.17. The standard InChI is InChI=1S/C16H16N2O/c1-11-7-9-19-16(11)15(17-2)13-5-6-14-12(10-13)4-3-8-18-14/h3-10,15,17H,1-2H3. The van der Waals surface area contributed by atoms with Crippen LogP contribution < -0.4 is 5.32 Å². The second kappa shape index (κ2) is 4.86. The van der Waals surface area contributed by atoms with Gasteiger partial charge in [0, 0.05) is 11.6 Å². The molecule has 1 aromatic carbocycles. The van der Waals surface area contributed by atoms with Gasteiger partial charge in [-0.2, -0.15) is 0 Å². The monoisotopic (exact) mass is 252 g/mol. The van der Waals surface area contributed by atoms with E-state index in [0.717, 1.165) is 22.2 Å². The average Bonchev–Trinajstić information content (AvgIpc) is 2.86. The van der Waals surface area contributed by atoms with Gasteiger partial charge in [-0.1, -0.05) is 12.1 Å². The van der Waals surface area contributed by atoms with Crippen LogP contribution >= 0.6 is 0 Å². The molecule has 2 aromatic heterocycles. The summed E-state index contributed by atoms with van der Waals surface area (Å²) in [6.45, 7) is 2.06. The molecule has 0 spiro atoms. The van der Waals surface area contributed by atoms with E-state index < -0.39 is 0 Å². The van der Waals surface area contributed by atoms with E-state index in [1.807, 2.05) is 31.4 Å². The van der Waals surface area contributed by atoms with E-state index in [-0.39, 0.29) is 6.04 Å². The van der Waals surface area contributed by atoms with Crippen molar-refractivity contribution in [1.82, 2.24) is 10.3 Å². The predicted octanol–water partition coefficient (Wildman–Crippen LogP) is 3.45. The Balaban J connectivity index is 2.09. The minimum Gasteiger partial charge on any atom is -0.467 e. The molecule has 3 heteroatoms. The number of hydrogen-bond acceptors (Lipinski definition) is 3. The van der Waals surface area contributed by atoms with Crippen molar-refractivity contribution in [2.75, 3.05) is 7.05 Å². The lowest BCUT2D eigenvalue weighted by molar-refractivity contribution is 0.460. The van der Waals surface area contributed by atoms with Crippen LogP contribution in [0.4, 0.5) is 0 Å². The summed E-state index contributed by atoms with van der Waals surface area (Å²) in [4.78, 5) is 4.34. The molecule has 1 unspecified atom stereocenters. The van der Waals surface area contributed by atoms with Crippen molar-refractivity contribution in [2.24, 2.45) is 0 Å². The van der Waals surface area contributed by atoms with Crippen molar-refractivity contribution in [2.45, 2.75) is 13.0 Å². The summed E-state index contributed by atoms with van der Waals surface area (Å²) in [7, 11) is 1.94. The third kappa shape index (κ3) is 2.13. The van der Waals surface area contributed by atoms with E-state index in [4.69, 9.17) is 4.42 Å². The van der Waals surface area contributed by atoms with Gasteiger partial charge in [-0.3, -0.25) is 4.98 Å². The molecule has 3 aromatic rings. The molecule has 3 nitrogen and oxygen atoms in total. The lowest BCUT2D eigenvalue weighted by Gasteiger charge is -2.15. The molecule has 0 amide bonds. The number of hydrogen-bond donors (Lipinski definition) is 1. The third-order valence-electron chi connectivity index (χ3n) is 3.41. The maximum atomic E-state index is 5.61. The van der Waals surface area contributed by atoms with Crippen LogP contribution in [0.25, 0.3) is 10.9 Å². The van der Waals surface area contributed by atoms with Crippen LogP contribution in [-0.4, -0.2) is 12.0 Å². The zero-order valence-corrected chi connectivity index (χ0v) is 11.1. The van der Waals surface area contributed by atoms with Crippen LogP contribution in [0.3, 0.4) is 0 Å². The minimum atomic E-state index is 0.0691. The fourth-order valence-electron chi connectivity index (χ4n) is 2.40. The molecule has 0 fully saturated rings. The number of rotatable bonds is 3. The summed E-state index contributed by atoms with van der Waals surface area (Å²) >= 11 is 0. The van der Waals surface area contributed by atoms with Crippen LogP contribution in [0.5, 0.6) is 0 Å². The lowest BCUT2D eigenvalue weighted by atomic mass is 10.0. The largest absolute Gasteiger partial charge is 0.467 e. The van der Waals surface area contributed by atoms with Crippen LogP contribution in [0, 0.1) is 6.92 Å². The Morgan fingerprint density at radius 2 is 2.11 bits per heavy atom. The summed E-state index contributed by atoms with van der Waals surface area (Å²) in [5.74, 6) is 0.964. The van der Waals surface area contributed by atoms with Gasteiger partial charge in [0.2, 0.25) is 0 Å². The van der Waals surface area contributed by atoms with Crippen LogP contribution in [0.1, 0.15) is 22.9 Å². The Labute approximate surface area is 112 Å². The topological polar surface area (TPSA) is 38.1 Å². The first-order valence-electron chi connectivity index (χ1n) is 6.35. The Morgan fingerprint density at radius 1 is 1.21 bits per heavy atom. The third-order valence-corrected chi connectivity index (χ3v) is 3.41. The molecule has 0 radical (unpaired) electrons. The minimum absolute atomic E-state index is 0.0691. The lowest BCUT2D eigenvalue weighted by Crippen LogP contribution is -2.17. The first kappa shape index (κ1) is 11.9. The molecule has 0 aliphatic carbocycles. The van der Waals surface area contributed by atoms with Gasteiger partial charge >= 0.3 is 0 Å². The van der Waals surface area contributed by atoms with Gasteiger partial charge < -0.3 is 9.73 Å². The van der Waals surface area contributed by atoms with E-state index in [2.05, 4.69) is 35.4 Å². The first-order chi connectivity index (χ1) is 9.29. The summed E-state index contributed by atoms with van der Waals surface area (Å²) in [5.41, 5.74) is 3.35. The summed E-state index contributed by atoms with van der Waals surface area (Å²) in [6, 6.07) is 12.4. The fraction of sp³-hybridized carbons (Fsp3) is 0.188. The normalized spacial score (nSPS) is 12.7. The molecule has 0 bridgehead atoms. The molecule has 0 aliphatic heterocycles. The molecule has 0 aliphatic rings. The zero-order valence-electron chi connectivity index (χ0n) is 11.1. The summed E-state index contributed by atoms with van der Waals surface area (Å²) in [5, 5.41) is 4.46. The van der Waals surface area contributed by atoms with Gasteiger partial charge in [-0.15, -0.1) is 0 Å². The number of aryl methyl sites for hydroxylation is 1. The molecule has 19 heavy (non-hydrogen) atoms. The number of fused-ring (bicyclic) bond motifs is 1. The van der Waals surface area contributed by atoms with Crippen molar-refractivity contribution >= 4 is 10.9 Å². The van der Waals surface area contributed by atoms with Gasteiger partial charge in [0.05, 0.1) is 17.8 Å². The molecule has 96 valence electrons.